The van der Waals surface area contributed by atoms with Gasteiger partial charge < -0.3 is 14.7 Å². The molecule has 1 aliphatic heterocycles. The molecule has 2 amide bonds. The van der Waals surface area contributed by atoms with Crippen molar-refractivity contribution in [2.75, 3.05) is 18.4 Å². The van der Waals surface area contributed by atoms with Gasteiger partial charge in [-0.2, -0.15) is 4.98 Å². The van der Waals surface area contributed by atoms with E-state index in [0.29, 0.717) is 34.8 Å². The van der Waals surface area contributed by atoms with Crippen LogP contribution in [0.3, 0.4) is 0 Å². The van der Waals surface area contributed by atoms with Gasteiger partial charge >= 0.3 is 6.03 Å². The molecule has 0 saturated carbocycles. The van der Waals surface area contributed by atoms with E-state index in [2.05, 4.69) is 15.5 Å². The van der Waals surface area contributed by atoms with Crippen LogP contribution in [0.5, 0.6) is 0 Å². The number of nitrogens with zero attached hydrogens (tertiary/aromatic N) is 3. The predicted molar refractivity (Wildman–Crippen MR) is 109 cm³/mol. The molecule has 0 spiro atoms. The number of nitrogens with one attached hydrogen (secondary N) is 1. The smallest absolute Gasteiger partial charge is 0.321 e. The number of hydrogen-bond acceptors (Lipinski definition) is 4. The van der Waals surface area contributed by atoms with Crippen LogP contribution in [-0.4, -0.2) is 34.2 Å². The molecule has 0 aliphatic carbocycles. The van der Waals surface area contributed by atoms with E-state index in [1.165, 1.54) is 0 Å². The molecular formula is C20H18Cl2N4O2. The minimum absolute atomic E-state index is 0.117. The average molecular weight is 417 g/mol. The number of benzene rings is 2. The molecule has 1 aliphatic rings. The number of likely N-dealkylation sites (tertiary alicyclic amines) is 1. The maximum absolute atomic E-state index is 12.4. The number of rotatable bonds is 3. The first kappa shape index (κ1) is 18.8. The van der Waals surface area contributed by atoms with Crippen molar-refractivity contribution in [1.29, 1.82) is 0 Å². The van der Waals surface area contributed by atoms with Gasteiger partial charge in [0.05, 0.1) is 0 Å². The van der Waals surface area contributed by atoms with Gasteiger partial charge in [0.2, 0.25) is 11.7 Å². The summed E-state index contributed by atoms with van der Waals surface area (Å²) in [7, 11) is 0. The average Bonchev–Trinajstić information content (AvgIpc) is 3.20. The molecule has 2 heterocycles. The summed E-state index contributed by atoms with van der Waals surface area (Å²) in [6.45, 7) is 1.26. The highest BCUT2D eigenvalue weighted by Gasteiger charge is 2.27. The Morgan fingerprint density at radius 2 is 1.61 bits per heavy atom. The van der Waals surface area contributed by atoms with Crippen LogP contribution in [0.15, 0.2) is 53.1 Å². The van der Waals surface area contributed by atoms with Crippen LogP contribution in [-0.2, 0) is 0 Å². The van der Waals surface area contributed by atoms with E-state index in [-0.39, 0.29) is 11.9 Å². The van der Waals surface area contributed by atoms with Crippen molar-refractivity contribution < 1.29 is 9.32 Å². The fourth-order valence-electron chi connectivity index (χ4n) is 3.18. The highest BCUT2D eigenvalue weighted by atomic mass is 35.5. The Labute approximate surface area is 172 Å². The van der Waals surface area contributed by atoms with Crippen molar-refractivity contribution in [1.82, 2.24) is 15.0 Å². The highest BCUT2D eigenvalue weighted by Crippen LogP contribution is 2.29. The van der Waals surface area contributed by atoms with Crippen molar-refractivity contribution in [2.24, 2.45) is 0 Å². The molecule has 8 heteroatoms. The largest absolute Gasteiger partial charge is 0.339 e. The van der Waals surface area contributed by atoms with E-state index >= 15 is 0 Å². The summed E-state index contributed by atoms with van der Waals surface area (Å²) in [5.74, 6) is 1.31. The fourth-order valence-corrected chi connectivity index (χ4v) is 3.43. The van der Waals surface area contributed by atoms with Crippen LogP contribution in [0, 0.1) is 0 Å². The summed E-state index contributed by atoms with van der Waals surface area (Å²) in [5.41, 5.74) is 1.58. The third-order valence-corrected chi connectivity index (χ3v) is 5.28. The van der Waals surface area contributed by atoms with E-state index in [4.69, 9.17) is 27.7 Å². The molecule has 4 rings (SSSR count). The minimum atomic E-state index is -0.117. The van der Waals surface area contributed by atoms with Crippen LogP contribution in [0.4, 0.5) is 10.5 Å². The number of amides is 2. The summed E-state index contributed by atoms with van der Waals surface area (Å²) in [6, 6.07) is 14.3. The van der Waals surface area contributed by atoms with Gasteiger partial charge in [-0.05, 0) is 61.4 Å². The lowest BCUT2D eigenvalue weighted by Gasteiger charge is -2.30. The quantitative estimate of drug-likeness (QED) is 0.615. The van der Waals surface area contributed by atoms with Crippen LogP contribution in [0.2, 0.25) is 10.0 Å². The number of anilines is 1. The number of aromatic nitrogens is 2. The summed E-state index contributed by atoms with van der Waals surface area (Å²) < 4.78 is 5.47. The lowest BCUT2D eigenvalue weighted by Crippen LogP contribution is -2.40. The van der Waals surface area contributed by atoms with Gasteiger partial charge in [0, 0.05) is 40.3 Å². The third kappa shape index (κ3) is 4.29. The van der Waals surface area contributed by atoms with Gasteiger partial charge in [0.25, 0.3) is 0 Å². The Balaban J connectivity index is 1.34. The Morgan fingerprint density at radius 3 is 2.25 bits per heavy atom. The van der Waals surface area contributed by atoms with E-state index in [1.807, 2.05) is 12.1 Å². The summed E-state index contributed by atoms with van der Waals surface area (Å²) in [4.78, 5) is 18.8. The molecule has 3 aromatic rings. The molecule has 1 N–H and O–H groups in total. The second-order valence-electron chi connectivity index (χ2n) is 6.66. The first-order valence-electron chi connectivity index (χ1n) is 8.99. The normalized spacial score (nSPS) is 14.9. The van der Waals surface area contributed by atoms with Crippen molar-refractivity contribution in [3.8, 4) is 11.4 Å². The lowest BCUT2D eigenvalue weighted by atomic mass is 9.97. The van der Waals surface area contributed by atoms with E-state index < -0.39 is 0 Å². The molecule has 28 heavy (non-hydrogen) atoms. The third-order valence-electron chi connectivity index (χ3n) is 4.77. The Kier molecular flexibility index (Phi) is 5.50. The van der Waals surface area contributed by atoms with Crippen LogP contribution >= 0.6 is 23.2 Å². The Hall–Kier alpha value is -2.57. The maximum Gasteiger partial charge on any atom is 0.321 e. The number of halogens is 2. The first-order valence-corrected chi connectivity index (χ1v) is 9.75. The molecule has 0 bridgehead atoms. The highest BCUT2D eigenvalue weighted by molar-refractivity contribution is 6.30. The van der Waals surface area contributed by atoms with Crippen LogP contribution in [0.25, 0.3) is 11.4 Å². The van der Waals surface area contributed by atoms with E-state index in [0.717, 1.165) is 24.1 Å². The number of hydrogen-bond donors (Lipinski definition) is 1. The molecule has 6 nitrogen and oxygen atoms in total. The molecule has 1 saturated heterocycles. The van der Waals surface area contributed by atoms with Gasteiger partial charge in [0.1, 0.15) is 0 Å². The van der Waals surface area contributed by atoms with Crippen molar-refractivity contribution >= 4 is 34.9 Å². The summed E-state index contributed by atoms with van der Waals surface area (Å²) >= 11 is 11.8. The fraction of sp³-hybridized carbons (Fsp3) is 0.250. The molecule has 1 aromatic heterocycles. The standard InChI is InChI=1S/C20H18Cl2N4O2/c21-15-3-1-13(2-4-15)18-24-19(28-25-18)14-9-11-26(12-10-14)20(27)23-17-7-5-16(22)6-8-17/h1-8,14H,9-12H2,(H,23,27). The number of carbonyl (C=O) groups is 1. The summed E-state index contributed by atoms with van der Waals surface area (Å²) in [6.07, 6.45) is 1.55. The lowest BCUT2D eigenvalue weighted by molar-refractivity contribution is 0.187. The van der Waals surface area contributed by atoms with Crippen molar-refractivity contribution in [2.45, 2.75) is 18.8 Å². The number of carbonyl (C=O) groups excluding carboxylic acids is 1. The van der Waals surface area contributed by atoms with Gasteiger partial charge in [-0.25, -0.2) is 4.79 Å². The Morgan fingerprint density at radius 1 is 1.00 bits per heavy atom. The van der Waals surface area contributed by atoms with Crippen LogP contribution < -0.4 is 5.32 Å². The van der Waals surface area contributed by atoms with E-state index in [1.54, 1.807) is 41.3 Å². The number of urea groups is 1. The first-order chi connectivity index (χ1) is 13.6. The summed E-state index contributed by atoms with van der Waals surface area (Å²) in [5, 5.41) is 8.26. The van der Waals surface area contributed by atoms with E-state index in [9.17, 15) is 4.79 Å². The maximum atomic E-state index is 12.4. The van der Waals surface area contributed by atoms with Gasteiger partial charge in [-0.1, -0.05) is 28.4 Å². The van der Waals surface area contributed by atoms with Gasteiger partial charge in [-0.3, -0.25) is 0 Å². The molecule has 0 atom stereocenters. The second kappa shape index (κ2) is 8.20. The molecule has 1 fully saturated rings. The van der Waals surface area contributed by atoms with Crippen molar-refractivity contribution in [3.05, 3.63) is 64.5 Å². The number of piperidine rings is 1. The molecule has 2 aromatic carbocycles. The zero-order valence-electron chi connectivity index (χ0n) is 14.9. The molecular weight excluding hydrogens is 399 g/mol. The van der Waals surface area contributed by atoms with Gasteiger partial charge in [-0.15, -0.1) is 0 Å². The zero-order chi connectivity index (χ0) is 19.5. The monoisotopic (exact) mass is 416 g/mol. The minimum Gasteiger partial charge on any atom is -0.339 e. The van der Waals surface area contributed by atoms with Gasteiger partial charge in [0.15, 0.2) is 0 Å². The predicted octanol–water partition coefficient (Wildman–Crippen LogP) is 5.45. The topological polar surface area (TPSA) is 71.3 Å². The molecule has 0 unspecified atom stereocenters. The second-order valence-corrected chi connectivity index (χ2v) is 7.53. The Bertz CT molecular complexity index is 949. The molecule has 144 valence electrons. The SMILES string of the molecule is O=C(Nc1ccc(Cl)cc1)N1CCC(c2nc(-c3ccc(Cl)cc3)no2)CC1. The van der Waals surface area contributed by atoms with Crippen molar-refractivity contribution in [3.63, 3.8) is 0 Å². The molecule has 0 radical (unpaired) electrons. The van der Waals surface area contributed by atoms with Crippen LogP contribution in [0.1, 0.15) is 24.7 Å². The zero-order valence-corrected chi connectivity index (χ0v) is 16.5.